The summed E-state index contributed by atoms with van der Waals surface area (Å²) in [5, 5.41) is 3.75. The van der Waals surface area contributed by atoms with Crippen molar-refractivity contribution in [1.82, 2.24) is 5.32 Å². The fraction of sp³-hybridized carbons (Fsp3) is 0.625. The Hall–Kier alpha value is -0.930. The first-order chi connectivity index (χ1) is 9.13. The first-order valence-corrected chi connectivity index (χ1v) is 7.41. The standard InChI is InChI=1S/C16H23FN2/c1-10-8-11(2-7-15(10)17)14-9-16(14)19-13-5-3-12(18)4-6-13/h2,7-8,12-14,16,19H,3-6,9,18H2,1H3. The number of nitrogens with one attached hydrogen (secondary N) is 1. The molecule has 2 fully saturated rings. The number of rotatable bonds is 3. The molecule has 2 saturated carbocycles. The van der Waals surface area contributed by atoms with Gasteiger partial charge in [-0.15, -0.1) is 0 Å². The molecule has 0 heterocycles. The average Bonchev–Trinajstić information content (AvgIpc) is 3.15. The lowest BCUT2D eigenvalue weighted by Crippen LogP contribution is -2.38. The largest absolute Gasteiger partial charge is 0.328 e. The minimum absolute atomic E-state index is 0.102. The van der Waals surface area contributed by atoms with Gasteiger partial charge in [-0.25, -0.2) is 4.39 Å². The predicted molar refractivity (Wildman–Crippen MR) is 75.7 cm³/mol. The maximum absolute atomic E-state index is 13.3. The van der Waals surface area contributed by atoms with E-state index in [1.807, 2.05) is 19.1 Å². The minimum Gasteiger partial charge on any atom is -0.328 e. The third-order valence-electron chi connectivity index (χ3n) is 4.62. The van der Waals surface area contributed by atoms with Gasteiger partial charge in [0.15, 0.2) is 0 Å². The third kappa shape index (κ3) is 2.98. The van der Waals surface area contributed by atoms with E-state index in [4.69, 9.17) is 5.73 Å². The van der Waals surface area contributed by atoms with E-state index < -0.39 is 0 Å². The first kappa shape index (κ1) is 13.1. The van der Waals surface area contributed by atoms with Crippen LogP contribution < -0.4 is 11.1 Å². The van der Waals surface area contributed by atoms with Crippen molar-refractivity contribution in [2.24, 2.45) is 5.73 Å². The van der Waals surface area contributed by atoms with Gasteiger partial charge in [-0.05, 0) is 56.2 Å². The van der Waals surface area contributed by atoms with E-state index in [0.29, 0.717) is 24.0 Å². The van der Waals surface area contributed by atoms with Crippen LogP contribution in [0.25, 0.3) is 0 Å². The van der Waals surface area contributed by atoms with E-state index in [9.17, 15) is 4.39 Å². The molecule has 3 N–H and O–H groups in total. The number of hydrogen-bond donors (Lipinski definition) is 2. The zero-order chi connectivity index (χ0) is 13.4. The van der Waals surface area contributed by atoms with Crippen LogP contribution in [-0.4, -0.2) is 18.1 Å². The van der Waals surface area contributed by atoms with Crippen LogP contribution in [0.4, 0.5) is 4.39 Å². The van der Waals surface area contributed by atoms with E-state index in [-0.39, 0.29) is 5.82 Å². The van der Waals surface area contributed by atoms with E-state index in [1.165, 1.54) is 24.8 Å². The molecule has 1 aromatic rings. The summed E-state index contributed by atoms with van der Waals surface area (Å²) in [6.45, 7) is 1.84. The van der Waals surface area contributed by atoms with Crippen LogP contribution >= 0.6 is 0 Å². The smallest absolute Gasteiger partial charge is 0.126 e. The van der Waals surface area contributed by atoms with Crippen molar-refractivity contribution in [2.75, 3.05) is 0 Å². The van der Waals surface area contributed by atoms with Crippen molar-refractivity contribution < 1.29 is 4.39 Å². The zero-order valence-corrected chi connectivity index (χ0v) is 11.5. The number of nitrogens with two attached hydrogens (primary N) is 1. The van der Waals surface area contributed by atoms with Gasteiger partial charge in [0.25, 0.3) is 0 Å². The van der Waals surface area contributed by atoms with Crippen molar-refractivity contribution in [3.05, 3.63) is 35.1 Å². The van der Waals surface area contributed by atoms with Crippen molar-refractivity contribution in [2.45, 2.75) is 63.1 Å². The Morgan fingerprint density at radius 1 is 1.21 bits per heavy atom. The minimum atomic E-state index is -0.102. The monoisotopic (exact) mass is 262 g/mol. The highest BCUT2D eigenvalue weighted by Crippen LogP contribution is 2.42. The van der Waals surface area contributed by atoms with Crippen LogP contribution in [0.3, 0.4) is 0 Å². The molecule has 2 aliphatic carbocycles. The highest BCUT2D eigenvalue weighted by atomic mass is 19.1. The number of hydrogen-bond acceptors (Lipinski definition) is 2. The maximum atomic E-state index is 13.3. The normalized spacial score (nSPS) is 34.3. The van der Waals surface area contributed by atoms with Crippen molar-refractivity contribution in [3.8, 4) is 0 Å². The predicted octanol–water partition coefficient (Wildman–Crippen LogP) is 2.85. The molecule has 2 atom stereocenters. The van der Waals surface area contributed by atoms with Gasteiger partial charge in [-0.1, -0.05) is 12.1 Å². The Morgan fingerprint density at radius 2 is 1.95 bits per heavy atom. The van der Waals surface area contributed by atoms with Gasteiger partial charge in [0.1, 0.15) is 5.82 Å². The quantitative estimate of drug-likeness (QED) is 0.879. The summed E-state index contributed by atoms with van der Waals surface area (Å²) in [4.78, 5) is 0. The topological polar surface area (TPSA) is 38.0 Å². The number of aryl methyl sites for hydroxylation is 1. The van der Waals surface area contributed by atoms with Gasteiger partial charge < -0.3 is 11.1 Å². The Bertz CT molecular complexity index is 452. The molecule has 3 heteroatoms. The second-order valence-corrected chi connectivity index (χ2v) is 6.24. The Morgan fingerprint density at radius 3 is 2.63 bits per heavy atom. The molecule has 2 nitrogen and oxygen atoms in total. The third-order valence-corrected chi connectivity index (χ3v) is 4.62. The molecule has 0 radical (unpaired) electrons. The lowest BCUT2D eigenvalue weighted by Gasteiger charge is -2.27. The molecule has 0 aromatic heterocycles. The van der Waals surface area contributed by atoms with Crippen LogP contribution in [-0.2, 0) is 0 Å². The summed E-state index contributed by atoms with van der Waals surface area (Å²) in [7, 11) is 0. The zero-order valence-electron chi connectivity index (χ0n) is 11.5. The molecule has 19 heavy (non-hydrogen) atoms. The fourth-order valence-electron chi connectivity index (χ4n) is 3.23. The van der Waals surface area contributed by atoms with Crippen LogP contribution in [0, 0.1) is 12.7 Å². The molecule has 2 aliphatic rings. The average molecular weight is 262 g/mol. The van der Waals surface area contributed by atoms with E-state index in [0.717, 1.165) is 18.4 Å². The molecule has 0 aliphatic heterocycles. The summed E-state index contributed by atoms with van der Waals surface area (Å²) in [5.41, 5.74) is 7.97. The molecule has 0 saturated heterocycles. The van der Waals surface area contributed by atoms with Gasteiger partial charge in [-0.3, -0.25) is 0 Å². The van der Waals surface area contributed by atoms with E-state index in [2.05, 4.69) is 5.32 Å². The van der Waals surface area contributed by atoms with Gasteiger partial charge in [0, 0.05) is 24.0 Å². The van der Waals surface area contributed by atoms with Gasteiger partial charge in [0.05, 0.1) is 0 Å². The highest BCUT2D eigenvalue weighted by molar-refractivity contribution is 5.32. The molecule has 0 amide bonds. The van der Waals surface area contributed by atoms with Gasteiger partial charge >= 0.3 is 0 Å². The summed E-state index contributed by atoms with van der Waals surface area (Å²) < 4.78 is 13.3. The number of benzene rings is 1. The van der Waals surface area contributed by atoms with Crippen LogP contribution in [0.2, 0.25) is 0 Å². The van der Waals surface area contributed by atoms with Crippen LogP contribution in [0.1, 0.15) is 49.1 Å². The lowest BCUT2D eigenvalue weighted by molar-refractivity contribution is 0.339. The maximum Gasteiger partial charge on any atom is 0.126 e. The summed E-state index contributed by atoms with van der Waals surface area (Å²) >= 11 is 0. The van der Waals surface area contributed by atoms with Crippen LogP contribution in [0.5, 0.6) is 0 Å². The van der Waals surface area contributed by atoms with Crippen molar-refractivity contribution >= 4 is 0 Å². The molecule has 0 spiro atoms. The Kier molecular flexibility index (Phi) is 3.59. The van der Waals surface area contributed by atoms with Gasteiger partial charge in [0.2, 0.25) is 0 Å². The Balaban J connectivity index is 1.54. The molecular weight excluding hydrogens is 239 g/mol. The summed E-state index contributed by atoms with van der Waals surface area (Å²) in [5.74, 6) is 0.477. The van der Waals surface area contributed by atoms with Crippen LogP contribution in [0.15, 0.2) is 18.2 Å². The molecule has 3 rings (SSSR count). The van der Waals surface area contributed by atoms with Crippen molar-refractivity contribution in [3.63, 3.8) is 0 Å². The molecule has 0 bridgehead atoms. The second-order valence-electron chi connectivity index (χ2n) is 6.24. The molecule has 1 aromatic carbocycles. The second kappa shape index (κ2) is 5.22. The summed E-state index contributed by atoms with van der Waals surface area (Å²) in [6, 6.07) is 7.16. The van der Waals surface area contributed by atoms with Gasteiger partial charge in [-0.2, -0.15) is 0 Å². The van der Waals surface area contributed by atoms with Crippen molar-refractivity contribution in [1.29, 1.82) is 0 Å². The van der Waals surface area contributed by atoms with E-state index in [1.54, 1.807) is 6.07 Å². The molecule has 2 unspecified atom stereocenters. The summed E-state index contributed by atoms with van der Waals surface area (Å²) in [6.07, 6.45) is 5.88. The lowest BCUT2D eigenvalue weighted by atomic mass is 9.92. The molecular formula is C16H23FN2. The van der Waals surface area contributed by atoms with E-state index >= 15 is 0 Å². The molecule has 104 valence electrons. The first-order valence-electron chi connectivity index (χ1n) is 7.41. The number of halogens is 1. The Labute approximate surface area is 114 Å². The fourth-order valence-corrected chi connectivity index (χ4v) is 3.23. The SMILES string of the molecule is Cc1cc(C2CC2NC2CCC(N)CC2)ccc1F. The highest BCUT2D eigenvalue weighted by Gasteiger charge is 2.39.